The lowest BCUT2D eigenvalue weighted by Crippen LogP contribution is -2.03. The van der Waals surface area contributed by atoms with Gasteiger partial charge in [0.15, 0.2) is 0 Å². The molecule has 0 rings (SSSR count). The van der Waals surface area contributed by atoms with Gasteiger partial charge in [-0.15, -0.1) is 0 Å². The van der Waals surface area contributed by atoms with Gasteiger partial charge in [-0.1, -0.05) is 65.2 Å². The minimum absolute atomic E-state index is 0.372. The Labute approximate surface area is 128 Å². The first-order valence-corrected chi connectivity index (χ1v) is 8.10. The molecule has 0 aromatic rings. The van der Waals surface area contributed by atoms with Crippen molar-refractivity contribution in [2.75, 3.05) is 6.61 Å². The van der Waals surface area contributed by atoms with Crippen LogP contribution in [0.5, 0.6) is 0 Å². The fraction of sp³-hybridized carbons (Fsp3) is 0.765. The maximum absolute atomic E-state index is 11.1. The molecule has 0 bridgehead atoms. The number of unbranched alkanes of at least 4 members (excludes halogenated alkanes) is 7. The molecule has 0 atom stereocenters. The molecule has 0 spiro atoms. The predicted octanol–water partition coefficient (Wildman–Crippen LogP) is 4.34. The van der Waals surface area contributed by atoms with Crippen LogP contribution in [0.2, 0.25) is 0 Å². The number of ether oxygens (including phenoxy) is 1. The van der Waals surface area contributed by atoms with E-state index in [-0.39, 0.29) is 0 Å². The monoisotopic (exact) mass is 298 g/mol. The molecular formula is C17H30O4. The van der Waals surface area contributed by atoms with Gasteiger partial charge in [-0.05, 0) is 12.3 Å². The Morgan fingerprint density at radius 2 is 1.43 bits per heavy atom. The highest BCUT2D eigenvalue weighted by molar-refractivity contribution is 5.90. The Kier molecular flexibility index (Phi) is 12.8. The quantitative estimate of drug-likeness (QED) is 0.312. The van der Waals surface area contributed by atoms with Crippen molar-refractivity contribution in [1.82, 2.24) is 0 Å². The van der Waals surface area contributed by atoms with Crippen LogP contribution in [-0.2, 0) is 14.3 Å². The van der Waals surface area contributed by atoms with Crippen LogP contribution in [0.15, 0.2) is 12.2 Å². The van der Waals surface area contributed by atoms with Crippen LogP contribution in [-0.4, -0.2) is 23.7 Å². The summed E-state index contributed by atoms with van der Waals surface area (Å²) in [5.74, 6) is -0.902. The predicted molar refractivity (Wildman–Crippen MR) is 84.1 cm³/mol. The van der Waals surface area contributed by atoms with E-state index in [1.165, 1.54) is 44.9 Å². The van der Waals surface area contributed by atoms with Gasteiger partial charge in [0.2, 0.25) is 0 Å². The van der Waals surface area contributed by atoms with E-state index in [1.807, 2.05) is 0 Å². The van der Waals surface area contributed by atoms with Crippen molar-refractivity contribution in [3.8, 4) is 0 Å². The lowest BCUT2D eigenvalue weighted by Gasteiger charge is -2.05. The smallest absolute Gasteiger partial charge is 0.331 e. The molecule has 21 heavy (non-hydrogen) atoms. The van der Waals surface area contributed by atoms with E-state index in [9.17, 15) is 9.59 Å². The molecule has 0 saturated carbocycles. The van der Waals surface area contributed by atoms with Gasteiger partial charge in [-0.3, -0.25) is 0 Å². The van der Waals surface area contributed by atoms with Gasteiger partial charge < -0.3 is 9.84 Å². The van der Waals surface area contributed by atoms with Gasteiger partial charge in [0, 0.05) is 12.2 Å². The second kappa shape index (κ2) is 13.7. The second-order valence-electron chi connectivity index (χ2n) is 5.85. The molecule has 0 amide bonds. The number of hydrogen-bond acceptors (Lipinski definition) is 3. The molecule has 0 saturated heterocycles. The van der Waals surface area contributed by atoms with Gasteiger partial charge in [0.1, 0.15) is 0 Å². The number of hydrogen-bond donors (Lipinski definition) is 1. The lowest BCUT2D eigenvalue weighted by molar-refractivity contribution is -0.138. The highest BCUT2D eigenvalue weighted by Gasteiger charge is 1.98. The standard InChI is InChI=1S/C17H30O4/c1-15(2)11-9-7-5-3-4-6-8-10-14-21-17(20)13-12-16(18)19/h12-13,15H,3-11,14H2,1-2H3,(H,18,19). The molecule has 0 heterocycles. The zero-order valence-electron chi connectivity index (χ0n) is 13.5. The molecule has 0 aliphatic carbocycles. The normalized spacial score (nSPS) is 11.2. The molecule has 1 N–H and O–H groups in total. The van der Waals surface area contributed by atoms with E-state index in [4.69, 9.17) is 9.84 Å². The number of carboxylic acid groups (broad SMARTS) is 1. The summed E-state index contributed by atoms with van der Waals surface area (Å²) < 4.78 is 4.89. The highest BCUT2D eigenvalue weighted by Crippen LogP contribution is 2.12. The van der Waals surface area contributed by atoms with Crippen molar-refractivity contribution in [3.63, 3.8) is 0 Å². The summed E-state index contributed by atoms with van der Waals surface area (Å²) in [7, 11) is 0. The summed E-state index contributed by atoms with van der Waals surface area (Å²) in [6.45, 7) is 4.91. The molecule has 122 valence electrons. The summed E-state index contributed by atoms with van der Waals surface area (Å²) in [4.78, 5) is 21.2. The molecular weight excluding hydrogens is 268 g/mol. The zero-order valence-corrected chi connectivity index (χ0v) is 13.5. The van der Waals surface area contributed by atoms with Gasteiger partial charge in [0.25, 0.3) is 0 Å². The van der Waals surface area contributed by atoms with Crippen molar-refractivity contribution in [2.24, 2.45) is 5.92 Å². The molecule has 0 aliphatic heterocycles. The van der Waals surface area contributed by atoms with Gasteiger partial charge >= 0.3 is 11.9 Å². The van der Waals surface area contributed by atoms with Crippen LogP contribution in [0.25, 0.3) is 0 Å². The Morgan fingerprint density at radius 1 is 0.905 bits per heavy atom. The van der Waals surface area contributed by atoms with Crippen LogP contribution in [0.4, 0.5) is 0 Å². The van der Waals surface area contributed by atoms with Gasteiger partial charge in [0.05, 0.1) is 6.61 Å². The lowest BCUT2D eigenvalue weighted by atomic mass is 10.0. The molecule has 0 fully saturated rings. The Morgan fingerprint density at radius 3 is 1.95 bits per heavy atom. The average molecular weight is 298 g/mol. The van der Waals surface area contributed by atoms with E-state index in [2.05, 4.69) is 13.8 Å². The fourth-order valence-electron chi connectivity index (χ4n) is 2.08. The number of carbonyl (C=O) groups is 2. The average Bonchev–Trinajstić information content (AvgIpc) is 2.42. The van der Waals surface area contributed by atoms with Crippen molar-refractivity contribution in [3.05, 3.63) is 12.2 Å². The minimum Gasteiger partial charge on any atom is -0.478 e. The fourth-order valence-corrected chi connectivity index (χ4v) is 2.08. The van der Waals surface area contributed by atoms with Gasteiger partial charge in [-0.2, -0.15) is 0 Å². The van der Waals surface area contributed by atoms with Crippen molar-refractivity contribution < 1.29 is 19.4 Å². The van der Waals surface area contributed by atoms with Crippen LogP contribution in [0.1, 0.15) is 71.6 Å². The van der Waals surface area contributed by atoms with E-state index in [1.54, 1.807) is 0 Å². The molecule has 4 heteroatoms. The van der Waals surface area contributed by atoms with Crippen LogP contribution in [0.3, 0.4) is 0 Å². The SMILES string of the molecule is CC(C)CCCCCCCCCCOC(=O)C=CC(=O)O. The molecule has 4 nitrogen and oxygen atoms in total. The van der Waals surface area contributed by atoms with Crippen LogP contribution < -0.4 is 0 Å². The molecule has 0 radical (unpaired) electrons. The first-order chi connectivity index (χ1) is 10.0. The number of carboxylic acids is 1. The Balaban J connectivity index is 3.22. The molecule has 0 unspecified atom stereocenters. The number of esters is 1. The number of carbonyl (C=O) groups excluding carboxylic acids is 1. The van der Waals surface area contributed by atoms with E-state index in [0.29, 0.717) is 6.61 Å². The first-order valence-electron chi connectivity index (χ1n) is 8.10. The summed E-state index contributed by atoms with van der Waals surface area (Å²) in [5.41, 5.74) is 0. The maximum atomic E-state index is 11.1. The Hall–Kier alpha value is -1.32. The van der Waals surface area contributed by atoms with E-state index >= 15 is 0 Å². The summed E-state index contributed by atoms with van der Waals surface area (Å²) >= 11 is 0. The van der Waals surface area contributed by atoms with Gasteiger partial charge in [-0.25, -0.2) is 9.59 Å². The summed E-state index contributed by atoms with van der Waals surface area (Å²) in [6.07, 6.45) is 12.7. The summed E-state index contributed by atoms with van der Waals surface area (Å²) in [6, 6.07) is 0. The van der Waals surface area contributed by atoms with E-state index in [0.717, 1.165) is 30.9 Å². The van der Waals surface area contributed by atoms with Crippen LogP contribution in [0, 0.1) is 5.92 Å². The molecule has 0 aromatic carbocycles. The highest BCUT2D eigenvalue weighted by atomic mass is 16.5. The zero-order chi connectivity index (χ0) is 15.9. The largest absolute Gasteiger partial charge is 0.478 e. The van der Waals surface area contributed by atoms with Crippen molar-refractivity contribution in [2.45, 2.75) is 71.6 Å². The van der Waals surface area contributed by atoms with Crippen LogP contribution >= 0.6 is 0 Å². The molecule has 0 aliphatic rings. The third-order valence-corrected chi connectivity index (χ3v) is 3.28. The summed E-state index contributed by atoms with van der Waals surface area (Å²) in [5, 5.41) is 8.34. The Bertz CT molecular complexity index is 308. The maximum Gasteiger partial charge on any atom is 0.331 e. The third kappa shape index (κ3) is 16.6. The number of aliphatic carboxylic acids is 1. The minimum atomic E-state index is -1.14. The van der Waals surface area contributed by atoms with Crippen molar-refractivity contribution >= 4 is 11.9 Å². The van der Waals surface area contributed by atoms with Crippen molar-refractivity contribution in [1.29, 1.82) is 0 Å². The molecule has 0 aromatic heterocycles. The first kappa shape index (κ1) is 19.7. The second-order valence-corrected chi connectivity index (χ2v) is 5.85. The third-order valence-electron chi connectivity index (χ3n) is 3.28. The topological polar surface area (TPSA) is 63.6 Å². The number of rotatable bonds is 13. The van der Waals surface area contributed by atoms with E-state index < -0.39 is 11.9 Å².